The number of aromatic nitrogens is 1. The van der Waals surface area contributed by atoms with Gasteiger partial charge in [-0.3, -0.25) is 4.79 Å². The van der Waals surface area contributed by atoms with Gasteiger partial charge in [0, 0.05) is 12.6 Å². The highest BCUT2D eigenvalue weighted by Crippen LogP contribution is 2.32. The van der Waals surface area contributed by atoms with E-state index in [-0.39, 0.29) is 35.6 Å². The smallest absolute Gasteiger partial charge is 0.331 e. The molecule has 0 N–H and O–H groups in total. The molecule has 1 fully saturated rings. The Morgan fingerprint density at radius 3 is 2.32 bits per heavy atom. The number of nitrogens with zero attached hydrogens (tertiary/aromatic N) is 2. The van der Waals surface area contributed by atoms with Gasteiger partial charge in [0.05, 0.1) is 11.3 Å². The largest absolute Gasteiger partial charge is 0.433 e. The second-order valence-electron chi connectivity index (χ2n) is 6.12. The van der Waals surface area contributed by atoms with Crippen molar-refractivity contribution in [2.75, 3.05) is 0 Å². The van der Waals surface area contributed by atoms with Crippen molar-refractivity contribution in [2.45, 2.75) is 38.5 Å². The van der Waals surface area contributed by atoms with E-state index in [1.165, 1.54) is 25.1 Å². The Kier molecular flexibility index (Phi) is 4.49. The fraction of sp³-hybridized carbons (Fsp3) is 0.333. The average Bonchev–Trinajstić information content (AvgIpc) is 3.37. The first-order valence-corrected chi connectivity index (χ1v) is 7.86. The summed E-state index contributed by atoms with van der Waals surface area (Å²) in [4.78, 5) is 17.9. The van der Waals surface area contributed by atoms with Crippen LogP contribution < -0.4 is 0 Å². The number of pyridine rings is 1. The highest BCUT2D eigenvalue weighted by Gasteiger charge is 2.36. The van der Waals surface area contributed by atoms with E-state index in [0.717, 1.165) is 24.5 Å². The van der Waals surface area contributed by atoms with Crippen LogP contribution in [0.2, 0.25) is 0 Å². The summed E-state index contributed by atoms with van der Waals surface area (Å²) in [5.74, 6) is -0.721. The molecule has 1 amide bonds. The van der Waals surface area contributed by atoms with Gasteiger partial charge in [0.15, 0.2) is 0 Å². The highest BCUT2D eigenvalue weighted by atomic mass is 19.4. The third-order valence-electron chi connectivity index (χ3n) is 4.12. The van der Waals surface area contributed by atoms with Crippen LogP contribution in [0.4, 0.5) is 17.6 Å². The van der Waals surface area contributed by atoms with Gasteiger partial charge in [-0.1, -0.05) is 12.1 Å². The van der Waals surface area contributed by atoms with E-state index in [1.807, 2.05) is 0 Å². The molecule has 0 bridgehead atoms. The first-order valence-electron chi connectivity index (χ1n) is 7.86. The monoisotopic (exact) mass is 352 g/mol. The third-order valence-corrected chi connectivity index (χ3v) is 4.12. The van der Waals surface area contributed by atoms with Crippen molar-refractivity contribution < 1.29 is 22.4 Å². The van der Waals surface area contributed by atoms with Gasteiger partial charge >= 0.3 is 6.18 Å². The maximum atomic E-state index is 13.0. The van der Waals surface area contributed by atoms with Crippen LogP contribution in [0, 0.1) is 12.7 Å². The number of rotatable bonds is 4. The van der Waals surface area contributed by atoms with E-state index in [0.29, 0.717) is 0 Å². The van der Waals surface area contributed by atoms with E-state index in [1.54, 1.807) is 17.0 Å². The van der Waals surface area contributed by atoms with Crippen molar-refractivity contribution in [3.63, 3.8) is 0 Å². The zero-order valence-electron chi connectivity index (χ0n) is 13.5. The number of benzene rings is 1. The van der Waals surface area contributed by atoms with Crippen molar-refractivity contribution in [1.29, 1.82) is 0 Å². The molecule has 1 saturated carbocycles. The number of aryl methyl sites for hydroxylation is 1. The molecule has 25 heavy (non-hydrogen) atoms. The molecule has 1 aliphatic carbocycles. The molecule has 3 nitrogen and oxygen atoms in total. The summed E-state index contributed by atoms with van der Waals surface area (Å²) in [6, 6.07) is 7.87. The molecule has 0 spiro atoms. The minimum Gasteiger partial charge on any atom is -0.331 e. The molecule has 7 heteroatoms. The zero-order valence-corrected chi connectivity index (χ0v) is 13.5. The van der Waals surface area contributed by atoms with Gasteiger partial charge in [-0.25, -0.2) is 9.37 Å². The van der Waals surface area contributed by atoms with E-state index in [9.17, 15) is 22.4 Å². The lowest BCUT2D eigenvalue weighted by Gasteiger charge is -2.23. The Morgan fingerprint density at radius 2 is 1.80 bits per heavy atom. The number of amides is 1. The number of halogens is 4. The SMILES string of the molecule is Cc1nc(C(F)(F)F)ccc1C(=O)N(Cc1ccc(F)cc1)C1CC1. The van der Waals surface area contributed by atoms with Crippen LogP contribution >= 0.6 is 0 Å². The number of hydrogen-bond donors (Lipinski definition) is 0. The van der Waals surface area contributed by atoms with E-state index in [4.69, 9.17) is 0 Å². The van der Waals surface area contributed by atoms with Crippen LogP contribution in [-0.2, 0) is 12.7 Å². The molecular weight excluding hydrogens is 336 g/mol. The second-order valence-corrected chi connectivity index (χ2v) is 6.12. The normalized spacial score (nSPS) is 14.4. The van der Waals surface area contributed by atoms with Crippen LogP contribution in [0.3, 0.4) is 0 Å². The number of carbonyl (C=O) groups excluding carboxylic acids is 1. The molecule has 0 unspecified atom stereocenters. The van der Waals surface area contributed by atoms with Gasteiger partial charge in [0.25, 0.3) is 5.91 Å². The summed E-state index contributed by atoms with van der Waals surface area (Å²) in [6.07, 6.45) is -2.85. The van der Waals surface area contributed by atoms with Gasteiger partial charge in [0.2, 0.25) is 0 Å². The molecule has 3 rings (SSSR count). The lowest BCUT2D eigenvalue weighted by Crippen LogP contribution is -2.33. The molecule has 0 atom stereocenters. The van der Waals surface area contributed by atoms with Crippen molar-refractivity contribution in [1.82, 2.24) is 9.88 Å². The van der Waals surface area contributed by atoms with Crippen molar-refractivity contribution in [3.05, 3.63) is 64.7 Å². The van der Waals surface area contributed by atoms with Crippen LogP contribution in [0.1, 0.15) is 40.2 Å². The van der Waals surface area contributed by atoms with E-state index < -0.39 is 11.9 Å². The van der Waals surface area contributed by atoms with Gasteiger partial charge in [-0.05, 0) is 49.6 Å². The molecule has 132 valence electrons. The molecule has 1 aromatic carbocycles. The first kappa shape index (κ1) is 17.4. The summed E-state index contributed by atoms with van der Waals surface area (Å²) in [5, 5.41) is 0. The van der Waals surface area contributed by atoms with Crippen LogP contribution in [0.15, 0.2) is 36.4 Å². The molecule has 1 heterocycles. The Labute approximate surface area is 142 Å². The second kappa shape index (κ2) is 6.46. The number of alkyl halides is 3. The highest BCUT2D eigenvalue weighted by molar-refractivity contribution is 5.95. The van der Waals surface area contributed by atoms with E-state index in [2.05, 4.69) is 4.98 Å². The summed E-state index contributed by atoms with van der Waals surface area (Å²) >= 11 is 0. The fourth-order valence-corrected chi connectivity index (χ4v) is 2.64. The van der Waals surface area contributed by atoms with Gasteiger partial charge < -0.3 is 4.90 Å². The van der Waals surface area contributed by atoms with Crippen molar-refractivity contribution in [3.8, 4) is 0 Å². The van der Waals surface area contributed by atoms with Crippen molar-refractivity contribution in [2.24, 2.45) is 0 Å². The lowest BCUT2D eigenvalue weighted by molar-refractivity contribution is -0.141. The average molecular weight is 352 g/mol. The summed E-state index contributed by atoms with van der Waals surface area (Å²) in [5.41, 5.74) is -0.0520. The van der Waals surface area contributed by atoms with Gasteiger partial charge in [0.1, 0.15) is 11.5 Å². The lowest BCUT2D eigenvalue weighted by atomic mass is 10.1. The Balaban J connectivity index is 1.85. The molecule has 0 radical (unpaired) electrons. The fourth-order valence-electron chi connectivity index (χ4n) is 2.64. The maximum absolute atomic E-state index is 13.0. The Bertz CT molecular complexity index is 783. The number of carbonyl (C=O) groups is 1. The molecule has 1 aliphatic rings. The van der Waals surface area contributed by atoms with Crippen LogP contribution in [0.5, 0.6) is 0 Å². The zero-order chi connectivity index (χ0) is 18.2. The summed E-state index contributed by atoms with van der Waals surface area (Å²) in [7, 11) is 0. The third kappa shape index (κ3) is 3.97. The predicted molar refractivity (Wildman–Crippen MR) is 83.3 cm³/mol. The summed E-state index contributed by atoms with van der Waals surface area (Å²) in [6.45, 7) is 1.68. The molecule has 0 aliphatic heterocycles. The van der Waals surface area contributed by atoms with Crippen molar-refractivity contribution >= 4 is 5.91 Å². The topological polar surface area (TPSA) is 33.2 Å². The molecular formula is C18H16F4N2O. The quantitative estimate of drug-likeness (QED) is 0.767. The maximum Gasteiger partial charge on any atom is 0.433 e. The summed E-state index contributed by atoms with van der Waals surface area (Å²) < 4.78 is 51.2. The van der Waals surface area contributed by atoms with Gasteiger partial charge in [-0.15, -0.1) is 0 Å². The molecule has 1 aromatic heterocycles. The minimum absolute atomic E-state index is 0.0459. The standard InChI is InChI=1S/C18H16F4N2O/c1-11-15(8-9-16(23-11)18(20,21)22)17(25)24(14-6-7-14)10-12-2-4-13(19)5-3-12/h2-5,8-9,14H,6-7,10H2,1H3. The number of hydrogen-bond acceptors (Lipinski definition) is 2. The molecule has 0 saturated heterocycles. The van der Waals surface area contributed by atoms with Crippen LogP contribution in [-0.4, -0.2) is 21.8 Å². The van der Waals surface area contributed by atoms with Crippen LogP contribution in [0.25, 0.3) is 0 Å². The first-order chi connectivity index (χ1) is 11.8. The predicted octanol–water partition coefficient (Wildman–Crippen LogP) is 4.35. The Hall–Kier alpha value is -2.44. The van der Waals surface area contributed by atoms with Gasteiger partial charge in [-0.2, -0.15) is 13.2 Å². The Morgan fingerprint density at radius 1 is 1.16 bits per heavy atom. The molecule has 2 aromatic rings. The van der Waals surface area contributed by atoms with E-state index >= 15 is 0 Å². The minimum atomic E-state index is -4.55.